The van der Waals surface area contributed by atoms with Gasteiger partial charge in [0.05, 0.1) is 11.6 Å². The predicted molar refractivity (Wildman–Crippen MR) is 107 cm³/mol. The van der Waals surface area contributed by atoms with Crippen LogP contribution in [0.25, 0.3) is 0 Å². The van der Waals surface area contributed by atoms with Gasteiger partial charge in [-0.15, -0.1) is 0 Å². The molecule has 2 amide bonds. The monoisotopic (exact) mass is 389 g/mol. The molecule has 0 bridgehead atoms. The third kappa shape index (κ3) is 4.90. The minimum Gasteiger partial charge on any atom is -0.354 e. The molecule has 3 rings (SSSR count). The number of nitrogens with zero attached hydrogens (tertiary/aromatic N) is 2. The molecule has 1 atom stereocenters. The van der Waals surface area contributed by atoms with Gasteiger partial charge in [-0.3, -0.25) is 14.5 Å². The second kappa shape index (κ2) is 9.50. The first kappa shape index (κ1) is 20.8. The lowest BCUT2D eigenvalue weighted by Crippen LogP contribution is -2.58. The first-order valence-corrected chi connectivity index (χ1v) is 10.5. The van der Waals surface area contributed by atoms with Gasteiger partial charge in [-0.1, -0.05) is 38.8 Å². The number of rotatable bonds is 6. The maximum Gasteiger partial charge on any atom is 0.256 e. The average Bonchev–Trinajstić information content (AvgIpc) is 3.21. The molecule has 5 nitrogen and oxygen atoms in total. The quantitative estimate of drug-likeness (QED) is 0.814. The fraction of sp³-hybridized carbons (Fsp3) is 0.636. The van der Waals surface area contributed by atoms with Crippen LogP contribution >= 0.6 is 0 Å². The SMILES string of the molecule is CC(C)CNC(=O)[C@H](C1CCCC1)N1CCN(C(=O)c2ccccc2F)CC1. The fourth-order valence-corrected chi connectivity index (χ4v) is 4.37. The number of piperazine rings is 1. The second-order valence-corrected chi connectivity index (χ2v) is 8.44. The first-order chi connectivity index (χ1) is 13.5. The number of carbonyl (C=O) groups excluding carboxylic acids is 2. The lowest BCUT2D eigenvalue weighted by Gasteiger charge is -2.40. The molecule has 1 N–H and O–H groups in total. The van der Waals surface area contributed by atoms with E-state index in [1.807, 2.05) is 0 Å². The number of hydrogen-bond donors (Lipinski definition) is 1. The summed E-state index contributed by atoms with van der Waals surface area (Å²) in [6.07, 6.45) is 4.55. The summed E-state index contributed by atoms with van der Waals surface area (Å²) in [7, 11) is 0. The summed E-state index contributed by atoms with van der Waals surface area (Å²) in [4.78, 5) is 29.5. The standard InChI is InChI=1S/C22H32FN3O2/c1-16(2)15-24-21(27)20(17-7-3-4-8-17)25-11-13-26(14-12-25)22(28)18-9-5-6-10-19(18)23/h5-6,9-10,16-17,20H,3-4,7-8,11-15H2,1-2H3,(H,24,27)/t20-/m0/s1. The van der Waals surface area contributed by atoms with Crippen LogP contribution in [-0.2, 0) is 4.79 Å². The molecule has 0 radical (unpaired) electrons. The van der Waals surface area contributed by atoms with Crippen LogP contribution < -0.4 is 5.32 Å². The van der Waals surface area contributed by atoms with Crippen molar-refractivity contribution in [1.82, 2.24) is 15.1 Å². The molecule has 1 saturated heterocycles. The summed E-state index contributed by atoms with van der Waals surface area (Å²) in [5, 5.41) is 3.11. The number of benzene rings is 1. The summed E-state index contributed by atoms with van der Waals surface area (Å²) in [5.41, 5.74) is 0.123. The highest BCUT2D eigenvalue weighted by molar-refractivity contribution is 5.94. The third-order valence-electron chi connectivity index (χ3n) is 5.90. The summed E-state index contributed by atoms with van der Waals surface area (Å²) >= 11 is 0. The minimum absolute atomic E-state index is 0.119. The van der Waals surface area contributed by atoms with Gasteiger partial charge in [-0.2, -0.15) is 0 Å². The second-order valence-electron chi connectivity index (χ2n) is 8.44. The molecule has 1 aliphatic carbocycles. The molecule has 2 fully saturated rings. The lowest BCUT2D eigenvalue weighted by molar-refractivity contribution is -0.129. The van der Waals surface area contributed by atoms with Crippen molar-refractivity contribution >= 4 is 11.8 Å². The molecule has 0 spiro atoms. The van der Waals surface area contributed by atoms with E-state index in [0.29, 0.717) is 44.6 Å². The lowest BCUT2D eigenvalue weighted by atomic mass is 9.94. The predicted octanol–water partition coefficient (Wildman–Crippen LogP) is 2.91. The van der Waals surface area contributed by atoms with Crippen LogP contribution in [0.2, 0.25) is 0 Å². The number of nitrogens with one attached hydrogen (secondary N) is 1. The Hall–Kier alpha value is -1.95. The Bertz CT molecular complexity index is 680. The largest absolute Gasteiger partial charge is 0.354 e. The van der Waals surface area contributed by atoms with Gasteiger partial charge in [-0.25, -0.2) is 4.39 Å². The summed E-state index contributed by atoms with van der Waals surface area (Å²) < 4.78 is 13.9. The molecule has 1 aromatic rings. The van der Waals surface area contributed by atoms with Crippen LogP contribution in [0.15, 0.2) is 24.3 Å². The molecule has 2 aliphatic rings. The van der Waals surface area contributed by atoms with E-state index in [2.05, 4.69) is 24.1 Å². The fourth-order valence-electron chi connectivity index (χ4n) is 4.37. The number of amides is 2. The van der Waals surface area contributed by atoms with Crippen molar-refractivity contribution < 1.29 is 14.0 Å². The molecule has 1 saturated carbocycles. The minimum atomic E-state index is -0.480. The van der Waals surface area contributed by atoms with Crippen LogP contribution in [-0.4, -0.2) is 60.4 Å². The van der Waals surface area contributed by atoms with Gasteiger partial charge in [0.2, 0.25) is 5.91 Å². The van der Waals surface area contributed by atoms with E-state index >= 15 is 0 Å². The van der Waals surface area contributed by atoms with Crippen molar-refractivity contribution in [1.29, 1.82) is 0 Å². The third-order valence-corrected chi connectivity index (χ3v) is 5.90. The van der Waals surface area contributed by atoms with Gasteiger partial charge >= 0.3 is 0 Å². The van der Waals surface area contributed by atoms with Gasteiger partial charge in [0.15, 0.2) is 0 Å². The normalized spacial score (nSPS) is 19.8. The van der Waals surface area contributed by atoms with Crippen molar-refractivity contribution in [3.8, 4) is 0 Å². The van der Waals surface area contributed by atoms with Crippen molar-refractivity contribution in [2.24, 2.45) is 11.8 Å². The van der Waals surface area contributed by atoms with Crippen LogP contribution in [0.3, 0.4) is 0 Å². The van der Waals surface area contributed by atoms with Gasteiger partial charge in [0.1, 0.15) is 5.82 Å². The van der Waals surface area contributed by atoms with E-state index in [0.717, 1.165) is 12.8 Å². The van der Waals surface area contributed by atoms with Gasteiger partial charge < -0.3 is 10.2 Å². The maximum absolute atomic E-state index is 13.9. The van der Waals surface area contributed by atoms with E-state index in [-0.39, 0.29) is 23.4 Å². The zero-order valence-corrected chi connectivity index (χ0v) is 17.0. The van der Waals surface area contributed by atoms with Gasteiger partial charge in [-0.05, 0) is 36.8 Å². The molecule has 6 heteroatoms. The Morgan fingerprint density at radius 1 is 1.11 bits per heavy atom. The van der Waals surface area contributed by atoms with E-state index in [1.54, 1.807) is 17.0 Å². The molecule has 0 aromatic heterocycles. The molecule has 1 heterocycles. The molecule has 28 heavy (non-hydrogen) atoms. The molecular weight excluding hydrogens is 357 g/mol. The highest BCUT2D eigenvalue weighted by Crippen LogP contribution is 2.31. The summed E-state index contributed by atoms with van der Waals surface area (Å²) in [6, 6.07) is 6.00. The zero-order valence-electron chi connectivity index (χ0n) is 17.0. The van der Waals surface area contributed by atoms with E-state index in [9.17, 15) is 14.0 Å². The van der Waals surface area contributed by atoms with Crippen molar-refractivity contribution in [2.45, 2.75) is 45.6 Å². The molecule has 1 aliphatic heterocycles. The zero-order chi connectivity index (χ0) is 20.1. The Labute approximate surface area is 167 Å². The highest BCUT2D eigenvalue weighted by Gasteiger charge is 2.37. The Kier molecular flexibility index (Phi) is 7.05. The molecule has 1 aromatic carbocycles. The Morgan fingerprint density at radius 2 is 1.75 bits per heavy atom. The van der Waals surface area contributed by atoms with Gasteiger partial charge in [0, 0.05) is 32.7 Å². The maximum atomic E-state index is 13.9. The van der Waals surface area contributed by atoms with Gasteiger partial charge in [0.25, 0.3) is 5.91 Å². The summed E-state index contributed by atoms with van der Waals surface area (Å²) in [5.74, 6) is 0.185. The number of hydrogen-bond acceptors (Lipinski definition) is 3. The van der Waals surface area contributed by atoms with Crippen molar-refractivity contribution in [2.75, 3.05) is 32.7 Å². The van der Waals surface area contributed by atoms with E-state index in [1.165, 1.54) is 25.0 Å². The topological polar surface area (TPSA) is 52.7 Å². The molecule has 154 valence electrons. The highest BCUT2D eigenvalue weighted by atomic mass is 19.1. The van der Waals surface area contributed by atoms with E-state index < -0.39 is 5.82 Å². The Morgan fingerprint density at radius 3 is 2.36 bits per heavy atom. The van der Waals surface area contributed by atoms with E-state index in [4.69, 9.17) is 0 Å². The van der Waals surface area contributed by atoms with Crippen molar-refractivity contribution in [3.05, 3.63) is 35.6 Å². The molecule has 0 unspecified atom stereocenters. The van der Waals surface area contributed by atoms with Crippen LogP contribution in [0.4, 0.5) is 4.39 Å². The summed E-state index contributed by atoms with van der Waals surface area (Å²) in [6.45, 7) is 7.22. The Balaban J connectivity index is 1.63. The van der Waals surface area contributed by atoms with Crippen LogP contribution in [0, 0.1) is 17.7 Å². The van der Waals surface area contributed by atoms with Crippen molar-refractivity contribution in [3.63, 3.8) is 0 Å². The molecular formula is C22H32FN3O2. The van der Waals surface area contributed by atoms with Crippen LogP contribution in [0.1, 0.15) is 49.9 Å². The first-order valence-electron chi connectivity index (χ1n) is 10.5. The van der Waals surface area contributed by atoms with Crippen LogP contribution in [0.5, 0.6) is 0 Å². The smallest absolute Gasteiger partial charge is 0.256 e. The number of halogens is 1. The number of carbonyl (C=O) groups is 2. The average molecular weight is 390 g/mol.